The van der Waals surface area contributed by atoms with E-state index >= 15 is 0 Å². The first kappa shape index (κ1) is 18.9. The maximum absolute atomic E-state index is 12.2. The van der Waals surface area contributed by atoms with Gasteiger partial charge in [-0.15, -0.1) is 11.8 Å². The first-order valence-corrected chi connectivity index (χ1v) is 10.2. The number of thioether (sulfide) groups is 1. The van der Waals surface area contributed by atoms with Crippen LogP contribution in [-0.2, 0) is 11.3 Å². The van der Waals surface area contributed by atoms with E-state index < -0.39 is 0 Å². The quantitative estimate of drug-likeness (QED) is 0.468. The molecule has 1 amide bonds. The molecule has 1 N–H and O–H groups in total. The molecule has 29 heavy (non-hydrogen) atoms. The minimum Gasteiger partial charge on any atom is -0.467 e. The van der Waals surface area contributed by atoms with Crippen molar-refractivity contribution >= 4 is 28.8 Å². The second kappa shape index (κ2) is 8.74. The summed E-state index contributed by atoms with van der Waals surface area (Å²) in [7, 11) is 0. The Labute approximate surface area is 171 Å². The molecule has 2 aromatic carbocycles. The van der Waals surface area contributed by atoms with Crippen molar-refractivity contribution in [2.45, 2.75) is 11.4 Å². The van der Waals surface area contributed by atoms with Gasteiger partial charge >= 0.3 is 0 Å². The van der Waals surface area contributed by atoms with Crippen molar-refractivity contribution in [1.82, 2.24) is 20.4 Å². The molecule has 0 bridgehead atoms. The number of hydrogen-bond acceptors (Lipinski definition) is 7. The maximum Gasteiger partial charge on any atom is 0.265 e. The largest absolute Gasteiger partial charge is 0.467 e. The van der Waals surface area contributed by atoms with Crippen LogP contribution >= 0.6 is 11.8 Å². The molecular weight excluding hydrogens is 388 g/mol. The van der Waals surface area contributed by atoms with Crippen molar-refractivity contribution in [2.24, 2.45) is 0 Å². The van der Waals surface area contributed by atoms with Crippen LogP contribution in [0, 0.1) is 0 Å². The number of fused-ring (bicyclic) bond motifs is 1. The Hall–Kier alpha value is -3.39. The molecule has 0 saturated carbocycles. The van der Waals surface area contributed by atoms with Crippen LogP contribution in [0.4, 0.5) is 0 Å². The van der Waals surface area contributed by atoms with Crippen molar-refractivity contribution in [3.63, 3.8) is 0 Å². The molecule has 0 atom stereocenters. The molecule has 0 spiro atoms. The summed E-state index contributed by atoms with van der Waals surface area (Å²) >= 11 is 1.68. The molecule has 0 radical (unpaired) electrons. The average molecular weight is 406 g/mol. The Kier molecular flexibility index (Phi) is 5.71. The Morgan fingerprint density at radius 2 is 1.90 bits per heavy atom. The minimum absolute atomic E-state index is 0.172. The van der Waals surface area contributed by atoms with Gasteiger partial charge < -0.3 is 14.6 Å². The number of benzene rings is 2. The second-order valence-electron chi connectivity index (χ2n) is 6.17. The Morgan fingerprint density at radius 1 is 1.10 bits per heavy atom. The van der Waals surface area contributed by atoms with Gasteiger partial charge in [0.25, 0.3) is 11.6 Å². The lowest BCUT2D eigenvalue weighted by molar-refractivity contribution is -0.123. The van der Waals surface area contributed by atoms with Gasteiger partial charge in [0, 0.05) is 17.0 Å². The van der Waals surface area contributed by atoms with Crippen LogP contribution in [-0.4, -0.2) is 33.9 Å². The zero-order valence-corrected chi connectivity index (χ0v) is 16.5. The van der Waals surface area contributed by atoms with E-state index in [1.54, 1.807) is 11.8 Å². The fourth-order valence-electron chi connectivity index (χ4n) is 2.79. The monoisotopic (exact) mass is 406 g/mol. The second-order valence-corrected chi connectivity index (χ2v) is 7.05. The normalized spacial score (nSPS) is 10.8. The smallest absolute Gasteiger partial charge is 0.265 e. The third-order valence-electron chi connectivity index (χ3n) is 4.27. The van der Waals surface area contributed by atoms with E-state index in [0.29, 0.717) is 23.3 Å². The highest BCUT2D eigenvalue weighted by molar-refractivity contribution is 7.98. The Balaban J connectivity index is 1.44. The summed E-state index contributed by atoms with van der Waals surface area (Å²) in [6.45, 7) is 0.257. The van der Waals surface area contributed by atoms with Crippen molar-refractivity contribution in [3.8, 4) is 17.1 Å². The molecule has 0 aliphatic rings. The van der Waals surface area contributed by atoms with Crippen LogP contribution in [0.1, 0.15) is 5.56 Å². The van der Waals surface area contributed by atoms with Gasteiger partial charge in [0.1, 0.15) is 17.4 Å². The zero-order chi connectivity index (χ0) is 20.1. The predicted octanol–water partition coefficient (Wildman–Crippen LogP) is 3.70. The van der Waals surface area contributed by atoms with Crippen LogP contribution in [0.3, 0.4) is 0 Å². The maximum atomic E-state index is 12.2. The first-order chi connectivity index (χ1) is 14.2. The highest BCUT2D eigenvalue weighted by Crippen LogP contribution is 2.32. The summed E-state index contributed by atoms with van der Waals surface area (Å²) in [6.07, 6.45) is 3.35. The summed E-state index contributed by atoms with van der Waals surface area (Å²) in [5, 5.41) is 7.47. The summed E-state index contributed by atoms with van der Waals surface area (Å²) in [6, 6.07) is 17.6. The van der Waals surface area contributed by atoms with Gasteiger partial charge in [-0.2, -0.15) is 4.98 Å². The Bertz CT molecular complexity index is 1110. The zero-order valence-electron chi connectivity index (χ0n) is 15.7. The van der Waals surface area contributed by atoms with E-state index in [4.69, 9.17) is 9.26 Å². The van der Waals surface area contributed by atoms with Crippen LogP contribution < -0.4 is 10.1 Å². The molecule has 146 valence electrons. The van der Waals surface area contributed by atoms with E-state index in [-0.39, 0.29) is 18.4 Å². The number of nitrogens with zero attached hydrogens (tertiary/aromatic N) is 3. The van der Waals surface area contributed by atoms with E-state index in [2.05, 4.69) is 20.4 Å². The number of carbonyl (C=O) groups excluding carboxylic acids is 1. The average Bonchev–Trinajstić information content (AvgIpc) is 3.22. The predicted molar refractivity (Wildman–Crippen MR) is 111 cm³/mol. The number of ether oxygens (including phenoxy) is 1. The highest BCUT2D eigenvalue weighted by atomic mass is 32.2. The fraction of sp³-hybridized carbons (Fsp3) is 0.143. The van der Waals surface area contributed by atoms with Crippen LogP contribution in [0.2, 0.25) is 0 Å². The minimum atomic E-state index is -0.247. The standard InChI is InChI=1S/C21H18N4O3S/c1-29-16-9-7-14(8-10-16)11-22-17(26)12-27-20-18-19(15-5-3-2-4-6-15)25-28-21(18)24-13-23-20/h2-10,13H,11-12H2,1H3,(H,22,26). The molecular formula is C21H18N4O3S. The topological polar surface area (TPSA) is 90.1 Å². The number of aromatic nitrogens is 3. The van der Waals surface area contributed by atoms with E-state index in [1.807, 2.05) is 60.9 Å². The number of carbonyl (C=O) groups is 1. The van der Waals surface area contributed by atoms with E-state index in [1.165, 1.54) is 11.2 Å². The summed E-state index contributed by atoms with van der Waals surface area (Å²) in [5.74, 6) is 0.0120. The molecule has 0 fully saturated rings. The molecule has 0 unspecified atom stereocenters. The lowest BCUT2D eigenvalue weighted by Gasteiger charge is -2.08. The summed E-state index contributed by atoms with van der Waals surface area (Å²) in [5.41, 5.74) is 2.75. The summed E-state index contributed by atoms with van der Waals surface area (Å²) < 4.78 is 11.0. The molecule has 7 nitrogen and oxygen atoms in total. The molecule has 8 heteroatoms. The SMILES string of the molecule is CSc1ccc(CNC(=O)COc2ncnc3onc(-c4ccccc4)c23)cc1. The lowest BCUT2D eigenvalue weighted by atomic mass is 10.1. The van der Waals surface area contributed by atoms with E-state index in [0.717, 1.165) is 11.1 Å². The van der Waals surface area contributed by atoms with Gasteiger partial charge in [0.05, 0.1) is 0 Å². The van der Waals surface area contributed by atoms with Crippen LogP contribution in [0.15, 0.2) is 70.3 Å². The fourth-order valence-corrected chi connectivity index (χ4v) is 3.20. The van der Waals surface area contributed by atoms with Crippen molar-refractivity contribution in [3.05, 3.63) is 66.5 Å². The highest BCUT2D eigenvalue weighted by Gasteiger charge is 2.18. The molecule has 4 rings (SSSR count). The van der Waals surface area contributed by atoms with Gasteiger partial charge in [0.2, 0.25) is 5.88 Å². The number of amides is 1. The first-order valence-electron chi connectivity index (χ1n) is 8.93. The Morgan fingerprint density at radius 3 is 2.66 bits per heavy atom. The van der Waals surface area contributed by atoms with Gasteiger partial charge in [-0.3, -0.25) is 4.79 Å². The number of nitrogens with one attached hydrogen (secondary N) is 1. The molecule has 2 aromatic heterocycles. The third-order valence-corrected chi connectivity index (χ3v) is 5.02. The van der Waals surface area contributed by atoms with Crippen molar-refractivity contribution in [1.29, 1.82) is 0 Å². The number of rotatable bonds is 7. The van der Waals surface area contributed by atoms with E-state index in [9.17, 15) is 4.79 Å². The van der Waals surface area contributed by atoms with Crippen LogP contribution in [0.5, 0.6) is 5.88 Å². The molecule has 0 aliphatic carbocycles. The molecule has 0 aliphatic heterocycles. The molecule has 2 heterocycles. The van der Waals surface area contributed by atoms with Crippen LogP contribution in [0.25, 0.3) is 22.4 Å². The molecule has 4 aromatic rings. The van der Waals surface area contributed by atoms with Crippen molar-refractivity contribution in [2.75, 3.05) is 12.9 Å². The third kappa shape index (κ3) is 4.38. The number of hydrogen-bond donors (Lipinski definition) is 1. The van der Waals surface area contributed by atoms with Gasteiger partial charge in [0.15, 0.2) is 6.61 Å². The van der Waals surface area contributed by atoms with Gasteiger partial charge in [-0.25, -0.2) is 4.98 Å². The molecule has 0 saturated heterocycles. The summed E-state index contributed by atoms with van der Waals surface area (Å²) in [4.78, 5) is 21.6. The van der Waals surface area contributed by atoms with Crippen molar-refractivity contribution < 1.29 is 14.1 Å². The van der Waals surface area contributed by atoms with Gasteiger partial charge in [-0.05, 0) is 24.0 Å². The van der Waals surface area contributed by atoms with Gasteiger partial charge in [-0.1, -0.05) is 47.6 Å². The lowest BCUT2D eigenvalue weighted by Crippen LogP contribution is -2.28.